The summed E-state index contributed by atoms with van der Waals surface area (Å²) in [4.78, 5) is 12.2. The number of esters is 1. The summed E-state index contributed by atoms with van der Waals surface area (Å²) in [6.07, 6.45) is 0.238. The molecule has 110 valence electrons. The molecule has 1 heterocycles. The number of benzene rings is 1. The molecule has 1 aliphatic heterocycles. The normalized spacial score (nSPS) is 24.3. The summed E-state index contributed by atoms with van der Waals surface area (Å²) in [6, 6.07) is 7.50. The van der Waals surface area contributed by atoms with Crippen LogP contribution in [0.5, 0.6) is 0 Å². The highest BCUT2D eigenvalue weighted by atomic mass is 32.2. The van der Waals surface area contributed by atoms with Gasteiger partial charge in [-0.3, -0.25) is 0 Å². The Balaban J connectivity index is 2.31. The van der Waals surface area contributed by atoms with E-state index in [-0.39, 0.29) is 24.5 Å². The first-order chi connectivity index (χ1) is 9.37. The van der Waals surface area contributed by atoms with Crippen molar-refractivity contribution in [2.45, 2.75) is 25.8 Å². The van der Waals surface area contributed by atoms with Crippen LogP contribution in [-0.2, 0) is 19.4 Å². The zero-order chi connectivity index (χ0) is 14.8. The Bertz CT molecular complexity index is 611. The minimum absolute atomic E-state index is 0.00459. The molecule has 0 spiro atoms. The molecule has 1 aromatic rings. The molecule has 1 N–H and O–H groups in total. The topological polar surface area (TPSA) is 72.5 Å². The van der Waals surface area contributed by atoms with Crippen molar-refractivity contribution >= 4 is 21.5 Å². The van der Waals surface area contributed by atoms with Gasteiger partial charge in [-0.2, -0.15) is 0 Å². The summed E-state index contributed by atoms with van der Waals surface area (Å²) in [5, 5.41) is 3.08. The molecule has 1 saturated heterocycles. The highest BCUT2D eigenvalue weighted by molar-refractivity contribution is 7.91. The molecule has 1 unspecified atom stereocenters. The second kappa shape index (κ2) is 5.44. The molecule has 20 heavy (non-hydrogen) atoms. The number of nitrogens with one attached hydrogen (secondary N) is 1. The van der Waals surface area contributed by atoms with E-state index in [0.29, 0.717) is 0 Å². The second-order valence-corrected chi connectivity index (χ2v) is 7.32. The van der Waals surface area contributed by atoms with Crippen molar-refractivity contribution in [2.24, 2.45) is 0 Å². The number of ether oxygens (including phenoxy) is 1. The number of carbonyl (C=O) groups excluding carboxylic acids is 1. The molecule has 1 aliphatic rings. The van der Waals surface area contributed by atoms with Crippen molar-refractivity contribution in [1.29, 1.82) is 0 Å². The van der Waals surface area contributed by atoms with E-state index in [9.17, 15) is 13.2 Å². The van der Waals surface area contributed by atoms with Gasteiger partial charge in [-0.15, -0.1) is 0 Å². The number of sulfone groups is 1. The largest absolute Gasteiger partial charge is 0.464 e. The zero-order valence-corrected chi connectivity index (χ0v) is 12.5. The third-order valence-corrected chi connectivity index (χ3v) is 5.13. The number of hydrogen-bond acceptors (Lipinski definition) is 5. The molecule has 0 saturated carbocycles. The van der Waals surface area contributed by atoms with Gasteiger partial charge in [0, 0.05) is 5.69 Å². The Labute approximate surface area is 119 Å². The SMILES string of the molecule is CCOC(=O)C1(Nc2cccc(C)c2)CCS(=O)(=O)C1. The Morgan fingerprint density at radius 2 is 2.20 bits per heavy atom. The van der Waals surface area contributed by atoms with Crippen LogP contribution in [0.4, 0.5) is 5.69 Å². The summed E-state index contributed by atoms with van der Waals surface area (Å²) in [7, 11) is -3.21. The lowest BCUT2D eigenvalue weighted by Gasteiger charge is -2.27. The molecule has 6 heteroatoms. The Kier molecular flexibility index (Phi) is 4.04. The molecule has 0 radical (unpaired) electrons. The van der Waals surface area contributed by atoms with Gasteiger partial charge in [0.15, 0.2) is 15.4 Å². The Morgan fingerprint density at radius 1 is 1.45 bits per heavy atom. The van der Waals surface area contributed by atoms with Crippen LogP contribution in [0, 0.1) is 6.92 Å². The third kappa shape index (κ3) is 3.12. The van der Waals surface area contributed by atoms with E-state index in [1.54, 1.807) is 6.92 Å². The van der Waals surface area contributed by atoms with E-state index in [0.717, 1.165) is 11.3 Å². The van der Waals surface area contributed by atoms with Gasteiger partial charge in [0.25, 0.3) is 0 Å². The van der Waals surface area contributed by atoms with Crippen LogP contribution < -0.4 is 5.32 Å². The van der Waals surface area contributed by atoms with Crippen LogP contribution >= 0.6 is 0 Å². The highest BCUT2D eigenvalue weighted by Crippen LogP contribution is 2.29. The van der Waals surface area contributed by atoms with E-state index in [4.69, 9.17) is 4.74 Å². The summed E-state index contributed by atoms with van der Waals surface area (Å²) >= 11 is 0. The average molecular weight is 297 g/mol. The predicted octanol–water partition coefficient (Wildman–Crippen LogP) is 1.53. The molecule has 0 aliphatic carbocycles. The van der Waals surface area contributed by atoms with Crippen molar-refractivity contribution in [3.05, 3.63) is 29.8 Å². The smallest absolute Gasteiger partial charge is 0.332 e. The van der Waals surface area contributed by atoms with Gasteiger partial charge in [0.1, 0.15) is 0 Å². The first kappa shape index (κ1) is 14.8. The third-order valence-electron chi connectivity index (χ3n) is 3.37. The number of rotatable bonds is 4. The summed E-state index contributed by atoms with van der Waals surface area (Å²) < 4.78 is 28.6. The first-order valence-corrected chi connectivity index (χ1v) is 8.41. The molecule has 1 aromatic carbocycles. The number of aryl methyl sites for hydroxylation is 1. The maximum atomic E-state index is 12.2. The lowest BCUT2D eigenvalue weighted by molar-refractivity contribution is -0.147. The Hall–Kier alpha value is -1.56. The van der Waals surface area contributed by atoms with Crippen molar-refractivity contribution < 1.29 is 17.9 Å². The van der Waals surface area contributed by atoms with Crippen LogP contribution in [0.15, 0.2) is 24.3 Å². The molecule has 0 amide bonds. The van der Waals surface area contributed by atoms with Crippen LogP contribution in [-0.4, -0.2) is 38.0 Å². The van der Waals surface area contributed by atoms with Crippen LogP contribution in [0.2, 0.25) is 0 Å². The molecule has 5 nitrogen and oxygen atoms in total. The maximum absolute atomic E-state index is 12.2. The lowest BCUT2D eigenvalue weighted by atomic mass is 9.98. The molecule has 2 rings (SSSR count). The standard InChI is InChI=1S/C14H19NO4S/c1-3-19-13(16)14(7-8-20(17,18)10-14)15-12-6-4-5-11(2)9-12/h4-6,9,15H,3,7-8,10H2,1-2H3. The molecular formula is C14H19NO4S. The minimum atomic E-state index is -3.21. The maximum Gasteiger partial charge on any atom is 0.332 e. The Morgan fingerprint density at radius 3 is 2.75 bits per heavy atom. The van der Waals surface area contributed by atoms with Crippen LogP contribution in [0.3, 0.4) is 0 Å². The van der Waals surface area contributed by atoms with Gasteiger partial charge >= 0.3 is 5.97 Å². The quantitative estimate of drug-likeness (QED) is 0.853. The van der Waals surface area contributed by atoms with Gasteiger partial charge in [-0.1, -0.05) is 12.1 Å². The van der Waals surface area contributed by atoms with E-state index >= 15 is 0 Å². The van der Waals surface area contributed by atoms with E-state index in [1.165, 1.54) is 0 Å². The van der Waals surface area contributed by atoms with E-state index in [2.05, 4.69) is 5.32 Å². The molecule has 0 aromatic heterocycles. The summed E-state index contributed by atoms with van der Waals surface area (Å²) in [5.41, 5.74) is 0.604. The van der Waals surface area contributed by atoms with Gasteiger partial charge in [-0.25, -0.2) is 13.2 Å². The van der Waals surface area contributed by atoms with Crippen LogP contribution in [0.25, 0.3) is 0 Å². The monoisotopic (exact) mass is 297 g/mol. The lowest BCUT2D eigenvalue weighted by Crippen LogP contribution is -2.48. The fourth-order valence-corrected chi connectivity index (χ4v) is 4.32. The minimum Gasteiger partial charge on any atom is -0.464 e. The van der Waals surface area contributed by atoms with Crippen molar-refractivity contribution in [3.63, 3.8) is 0 Å². The number of anilines is 1. The van der Waals surface area contributed by atoms with Gasteiger partial charge in [0.05, 0.1) is 18.1 Å². The molecule has 0 bridgehead atoms. The fraction of sp³-hybridized carbons (Fsp3) is 0.500. The predicted molar refractivity (Wildman–Crippen MR) is 77.4 cm³/mol. The van der Waals surface area contributed by atoms with Crippen LogP contribution in [0.1, 0.15) is 18.9 Å². The summed E-state index contributed by atoms with van der Waals surface area (Å²) in [5.74, 6) is -0.709. The van der Waals surface area contributed by atoms with Gasteiger partial charge in [0.2, 0.25) is 0 Å². The van der Waals surface area contributed by atoms with Gasteiger partial charge < -0.3 is 10.1 Å². The number of hydrogen-bond donors (Lipinski definition) is 1. The molecule has 1 fully saturated rings. The van der Waals surface area contributed by atoms with Crippen molar-refractivity contribution in [2.75, 3.05) is 23.4 Å². The molecular weight excluding hydrogens is 278 g/mol. The van der Waals surface area contributed by atoms with E-state index < -0.39 is 21.3 Å². The zero-order valence-electron chi connectivity index (χ0n) is 11.7. The van der Waals surface area contributed by atoms with Crippen molar-refractivity contribution in [3.8, 4) is 0 Å². The first-order valence-electron chi connectivity index (χ1n) is 6.59. The highest BCUT2D eigenvalue weighted by Gasteiger charge is 2.49. The molecule has 1 atom stereocenters. The van der Waals surface area contributed by atoms with E-state index in [1.807, 2.05) is 31.2 Å². The average Bonchev–Trinajstić information content (AvgIpc) is 2.66. The number of carbonyl (C=O) groups is 1. The van der Waals surface area contributed by atoms with Crippen molar-refractivity contribution in [1.82, 2.24) is 0 Å². The fourth-order valence-electron chi connectivity index (χ4n) is 2.43. The second-order valence-electron chi connectivity index (χ2n) is 5.14. The van der Waals surface area contributed by atoms with Gasteiger partial charge in [-0.05, 0) is 38.0 Å². The summed E-state index contributed by atoms with van der Waals surface area (Å²) in [6.45, 7) is 3.88.